The summed E-state index contributed by atoms with van der Waals surface area (Å²) in [6, 6.07) is 2.57. The van der Waals surface area contributed by atoms with Gasteiger partial charge in [-0.25, -0.2) is 4.68 Å². The van der Waals surface area contributed by atoms with Gasteiger partial charge >= 0.3 is 0 Å². The standard InChI is InChI=1S/C16H24N6/c1-11-6-16-18-8-12(10-22(16)20-11)7-17-14-4-3-5-15-13(14)9-19-21(15)2/h6,9,12,14,17-18H,3-5,7-8,10H2,1-2H3/t12-,14+/m1/s1. The number of aryl methyl sites for hydroxylation is 2. The molecule has 2 aromatic heterocycles. The molecule has 0 unspecified atom stereocenters. The van der Waals surface area contributed by atoms with E-state index in [9.17, 15) is 0 Å². The molecule has 0 spiro atoms. The minimum atomic E-state index is 0.457. The Kier molecular flexibility index (Phi) is 3.41. The Morgan fingerprint density at radius 1 is 1.45 bits per heavy atom. The van der Waals surface area contributed by atoms with Gasteiger partial charge < -0.3 is 10.6 Å². The van der Waals surface area contributed by atoms with Gasteiger partial charge in [0.15, 0.2) is 0 Å². The average molecular weight is 300 g/mol. The van der Waals surface area contributed by atoms with Crippen molar-refractivity contribution in [3.63, 3.8) is 0 Å². The SMILES string of the molecule is Cc1cc2n(n1)C[C@H](CN[C@H]1CCCc3c1cnn3C)CN2. The second-order valence-electron chi connectivity index (χ2n) is 6.62. The van der Waals surface area contributed by atoms with Crippen molar-refractivity contribution in [2.45, 2.75) is 38.8 Å². The Morgan fingerprint density at radius 2 is 2.36 bits per heavy atom. The number of nitrogens with zero attached hydrogens (tertiary/aromatic N) is 4. The van der Waals surface area contributed by atoms with Gasteiger partial charge in [0.05, 0.1) is 11.9 Å². The van der Waals surface area contributed by atoms with Gasteiger partial charge in [0.25, 0.3) is 0 Å². The lowest BCUT2D eigenvalue weighted by atomic mass is 9.92. The molecule has 0 saturated heterocycles. The quantitative estimate of drug-likeness (QED) is 0.904. The lowest BCUT2D eigenvalue weighted by Crippen LogP contribution is -2.37. The minimum Gasteiger partial charge on any atom is -0.370 e. The van der Waals surface area contributed by atoms with Crippen LogP contribution in [0.4, 0.5) is 5.82 Å². The predicted octanol–water partition coefficient (Wildman–Crippen LogP) is 1.63. The van der Waals surface area contributed by atoms with Crippen LogP contribution in [0.25, 0.3) is 0 Å². The Bertz CT molecular complexity index is 670. The lowest BCUT2D eigenvalue weighted by Gasteiger charge is -2.29. The fourth-order valence-corrected chi connectivity index (χ4v) is 3.75. The van der Waals surface area contributed by atoms with E-state index < -0.39 is 0 Å². The summed E-state index contributed by atoms with van der Waals surface area (Å²) >= 11 is 0. The van der Waals surface area contributed by atoms with Gasteiger partial charge in [-0.05, 0) is 26.2 Å². The van der Waals surface area contributed by atoms with E-state index in [1.54, 1.807) is 0 Å². The van der Waals surface area contributed by atoms with Crippen LogP contribution >= 0.6 is 0 Å². The molecule has 2 atom stereocenters. The number of rotatable bonds is 3. The molecule has 6 heteroatoms. The average Bonchev–Trinajstić information content (AvgIpc) is 3.07. The highest BCUT2D eigenvalue weighted by Gasteiger charge is 2.25. The van der Waals surface area contributed by atoms with Crippen molar-refractivity contribution in [2.75, 3.05) is 18.4 Å². The molecular formula is C16H24N6. The largest absolute Gasteiger partial charge is 0.370 e. The van der Waals surface area contributed by atoms with E-state index in [2.05, 4.69) is 31.6 Å². The molecule has 4 rings (SSSR count). The van der Waals surface area contributed by atoms with Gasteiger partial charge in [-0.1, -0.05) is 0 Å². The highest BCUT2D eigenvalue weighted by Crippen LogP contribution is 2.29. The molecule has 2 aromatic rings. The van der Waals surface area contributed by atoms with Gasteiger partial charge in [0.2, 0.25) is 0 Å². The van der Waals surface area contributed by atoms with Crippen molar-refractivity contribution >= 4 is 5.82 Å². The van der Waals surface area contributed by atoms with Gasteiger partial charge in [-0.3, -0.25) is 4.68 Å². The van der Waals surface area contributed by atoms with Crippen LogP contribution in [-0.2, 0) is 20.0 Å². The van der Waals surface area contributed by atoms with E-state index in [4.69, 9.17) is 0 Å². The predicted molar refractivity (Wildman–Crippen MR) is 85.8 cm³/mol. The second-order valence-corrected chi connectivity index (χ2v) is 6.62. The zero-order valence-corrected chi connectivity index (χ0v) is 13.3. The molecule has 0 saturated carbocycles. The third kappa shape index (κ3) is 2.41. The normalized spacial score (nSPS) is 23.7. The Balaban J connectivity index is 1.40. The molecule has 2 aliphatic rings. The highest BCUT2D eigenvalue weighted by atomic mass is 15.3. The molecule has 6 nitrogen and oxygen atoms in total. The van der Waals surface area contributed by atoms with Crippen molar-refractivity contribution in [3.05, 3.63) is 29.2 Å². The van der Waals surface area contributed by atoms with Crippen molar-refractivity contribution in [3.8, 4) is 0 Å². The molecular weight excluding hydrogens is 276 g/mol. The maximum absolute atomic E-state index is 4.55. The number of hydrogen-bond acceptors (Lipinski definition) is 4. The molecule has 0 radical (unpaired) electrons. The summed E-state index contributed by atoms with van der Waals surface area (Å²) < 4.78 is 4.13. The van der Waals surface area contributed by atoms with Crippen molar-refractivity contribution in [1.82, 2.24) is 24.9 Å². The summed E-state index contributed by atoms with van der Waals surface area (Å²) in [7, 11) is 2.05. The van der Waals surface area contributed by atoms with Crippen LogP contribution in [0.15, 0.2) is 12.3 Å². The molecule has 0 amide bonds. The van der Waals surface area contributed by atoms with Crippen LogP contribution in [0.5, 0.6) is 0 Å². The zero-order valence-electron chi connectivity index (χ0n) is 13.3. The Morgan fingerprint density at radius 3 is 3.27 bits per heavy atom. The fourth-order valence-electron chi connectivity index (χ4n) is 3.75. The number of fused-ring (bicyclic) bond motifs is 2. The first kappa shape index (κ1) is 13.8. The van der Waals surface area contributed by atoms with Crippen LogP contribution in [-0.4, -0.2) is 32.7 Å². The minimum absolute atomic E-state index is 0.457. The Labute approximate surface area is 130 Å². The molecule has 1 aliphatic carbocycles. The van der Waals surface area contributed by atoms with Crippen LogP contribution in [0.2, 0.25) is 0 Å². The van der Waals surface area contributed by atoms with Crippen LogP contribution in [0.3, 0.4) is 0 Å². The maximum atomic E-state index is 4.55. The summed E-state index contributed by atoms with van der Waals surface area (Å²) in [5.41, 5.74) is 3.88. The van der Waals surface area contributed by atoms with E-state index >= 15 is 0 Å². The van der Waals surface area contributed by atoms with Crippen LogP contribution < -0.4 is 10.6 Å². The first-order valence-corrected chi connectivity index (χ1v) is 8.23. The van der Waals surface area contributed by atoms with Gasteiger partial charge in [0.1, 0.15) is 5.82 Å². The fraction of sp³-hybridized carbons (Fsp3) is 0.625. The zero-order chi connectivity index (χ0) is 15.1. The molecule has 0 aromatic carbocycles. The highest BCUT2D eigenvalue weighted by molar-refractivity contribution is 5.38. The summed E-state index contributed by atoms with van der Waals surface area (Å²) in [6.07, 6.45) is 5.66. The first-order valence-electron chi connectivity index (χ1n) is 8.23. The third-order valence-corrected chi connectivity index (χ3v) is 4.93. The summed E-state index contributed by atoms with van der Waals surface area (Å²) in [5, 5.41) is 16.2. The van der Waals surface area contributed by atoms with Crippen molar-refractivity contribution in [2.24, 2.45) is 13.0 Å². The number of anilines is 1. The maximum Gasteiger partial charge on any atom is 0.124 e. The smallest absolute Gasteiger partial charge is 0.124 e. The number of aromatic nitrogens is 4. The second kappa shape index (κ2) is 5.43. The van der Waals surface area contributed by atoms with Crippen molar-refractivity contribution < 1.29 is 0 Å². The molecule has 0 fully saturated rings. The van der Waals surface area contributed by atoms with E-state index in [1.165, 1.54) is 24.1 Å². The molecule has 22 heavy (non-hydrogen) atoms. The first-order chi connectivity index (χ1) is 10.7. The van der Waals surface area contributed by atoms with Gasteiger partial charge in [-0.2, -0.15) is 10.2 Å². The topological polar surface area (TPSA) is 59.7 Å². The van der Waals surface area contributed by atoms with E-state index in [1.807, 2.05) is 24.9 Å². The molecule has 1 aliphatic heterocycles. The number of hydrogen-bond donors (Lipinski definition) is 2. The summed E-state index contributed by atoms with van der Waals surface area (Å²) in [6.45, 7) is 5.08. The van der Waals surface area contributed by atoms with E-state index in [-0.39, 0.29) is 0 Å². The molecule has 3 heterocycles. The third-order valence-electron chi connectivity index (χ3n) is 4.93. The van der Waals surface area contributed by atoms with E-state index in [0.717, 1.165) is 37.6 Å². The van der Waals surface area contributed by atoms with Crippen LogP contribution in [0.1, 0.15) is 35.8 Å². The molecule has 118 valence electrons. The summed E-state index contributed by atoms with van der Waals surface area (Å²) in [4.78, 5) is 0. The van der Waals surface area contributed by atoms with Crippen LogP contribution in [0, 0.1) is 12.8 Å². The van der Waals surface area contributed by atoms with Gasteiger partial charge in [0, 0.05) is 56.0 Å². The molecule has 2 N–H and O–H groups in total. The monoisotopic (exact) mass is 300 g/mol. The Hall–Kier alpha value is -1.82. The summed E-state index contributed by atoms with van der Waals surface area (Å²) in [5.74, 6) is 1.73. The van der Waals surface area contributed by atoms with Crippen molar-refractivity contribution in [1.29, 1.82) is 0 Å². The van der Waals surface area contributed by atoms with E-state index in [0.29, 0.717) is 12.0 Å². The lowest BCUT2D eigenvalue weighted by molar-refractivity contribution is 0.354. The number of nitrogens with one attached hydrogen (secondary N) is 2. The molecule has 0 bridgehead atoms. The van der Waals surface area contributed by atoms with Gasteiger partial charge in [-0.15, -0.1) is 0 Å².